The zero-order valence-corrected chi connectivity index (χ0v) is 12.8. The quantitative estimate of drug-likeness (QED) is 0.541. The molecule has 0 atom stereocenters. The Morgan fingerprint density at radius 1 is 0.840 bits per heavy atom. The van der Waals surface area contributed by atoms with Crippen LogP contribution in [0, 0.1) is 0 Å². The van der Waals surface area contributed by atoms with E-state index in [9.17, 15) is 13.2 Å². The van der Waals surface area contributed by atoms with Crippen LogP contribution in [0.1, 0.15) is 17.1 Å². The first-order valence-corrected chi connectivity index (χ1v) is 7.48. The Bertz CT molecular complexity index is 1080. The molecule has 2 aromatic carbocycles. The normalized spacial score (nSPS) is 12.4. The van der Waals surface area contributed by atoms with E-state index in [2.05, 4.69) is 15.2 Å². The van der Waals surface area contributed by atoms with E-state index in [4.69, 9.17) is 0 Å². The summed E-state index contributed by atoms with van der Waals surface area (Å²) in [7, 11) is 0. The third-order valence-corrected chi connectivity index (χ3v) is 3.75. The van der Waals surface area contributed by atoms with Gasteiger partial charge in [-0.2, -0.15) is 13.2 Å². The van der Waals surface area contributed by atoms with Gasteiger partial charge in [0, 0.05) is 0 Å². The van der Waals surface area contributed by atoms with Crippen LogP contribution >= 0.6 is 0 Å². The minimum absolute atomic E-state index is 0.233. The number of halogens is 3. The number of hydrogen-bond donors (Lipinski definition) is 0. The van der Waals surface area contributed by atoms with E-state index in [1.54, 1.807) is 30.4 Å². The number of benzene rings is 2. The van der Waals surface area contributed by atoms with Crippen LogP contribution in [0.5, 0.6) is 0 Å². The van der Waals surface area contributed by atoms with Crippen molar-refractivity contribution in [2.45, 2.75) is 6.18 Å². The highest BCUT2D eigenvalue weighted by atomic mass is 19.4. The number of hydrogen-bond acceptors (Lipinski definition) is 3. The number of fused-ring (bicyclic) bond motifs is 3. The molecule has 0 fully saturated rings. The summed E-state index contributed by atoms with van der Waals surface area (Å²) < 4.78 is 41.4. The van der Waals surface area contributed by atoms with E-state index >= 15 is 0 Å². The molecule has 0 N–H and O–H groups in total. The summed E-state index contributed by atoms with van der Waals surface area (Å²) in [5, 5.41) is 7.65. The standard InChI is InChI=1S/C18H11F3N4/c19-18(20,21)16-17-24-23-15(11-10-12-6-2-1-3-7-12)25(17)14-9-5-4-8-13(14)22-16/h1-11H/b11-10+. The van der Waals surface area contributed by atoms with Gasteiger partial charge in [-0.05, 0) is 23.8 Å². The largest absolute Gasteiger partial charge is 0.437 e. The summed E-state index contributed by atoms with van der Waals surface area (Å²) in [6.45, 7) is 0. The molecular formula is C18H11F3N4. The molecular weight excluding hydrogens is 329 g/mol. The van der Waals surface area contributed by atoms with Crippen molar-refractivity contribution in [3.8, 4) is 0 Å². The topological polar surface area (TPSA) is 43.1 Å². The molecule has 0 aliphatic rings. The fourth-order valence-corrected chi connectivity index (χ4v) is 2.64. The van der Waals surface area contributed by atoms with E-state index in [1.165, 1.54) is 10.5 Å². The Hall–Kier alpha value is -3.22. The van der Waals surface area contributed by atoms with Gasteiger partial charge >= 0.3 is 6.18 Å². The Kier molecular flexibility index (Phi) is 3.49. The Morgan fingerprint density at radius 2 is 1.56 bits per heavy atom. The average molecular weight is 340 g/mol. The van der Waals surface area contributed by atoms with Gasteiger partial charge in [0.2, 0.25) is 0 Å². The van der Waals surface area contributed by atoms with Crippen LogP contribution in [0.3, 0.4) is 0 Å². The smallest absolute Gasteiger partial charge is 0.272 e. The molecule has 0 spiro atoms. The maximum absolute atomic E-state index is 13.3. The molecule has 25 heavy (non-hydrogen) atoms. The van der Waals surface area contributed by atoms with Crippen LogP contribution in [-0.2, 0) is 6.18 Å². The highest BCUT2D eigenvalue weighted by molar-refractivity contribution is 5.80. The Balaban J connectivity index is 1.98. The molecule has 2 aromatic heterocycles. The van der Waals surface area contributed by atoms with Crippen LogP contribution in [0.2, 0.25) is 0 Å². The summed E-state index contributed by atoms with van der Waals surface area (Å²) in [6, 6.07) is 16.0. The fourth-order valence-electron chi connectivity index (χ4n) is 2.64. The van der Waals surface area contributed by atoms with Gasteiger partial charge in [-0.15, -0.1) is 10.2 Å². The summed E-state index contributed by atoms with van der Waals surface area (Å²) >= 11 is 0. The third-order valence-electron chi connectivity index (χ3n) is 3.75. The van der Waals surface area contributed by atoms with Crippen LogP contribution in [-0.4, -0.2) is 19.6 Å². The van der Waals surface area contributed by atoms with Gasteiger partial charge in [0.05, 0.1) is 11.0 Å². The second-order valence-electron chi connectivity index (χ2n) is 5.41. The van der Waals surface area contributed by atoms with Crippen molar-refractivity contribution in [3.63, 3.8) is 0 Å². The first-order chi connectivity index (χ1) is 12.0. The van der Waals surface area contributed by atoms with Gasteiger partial charge in [0.15, 0.2) is 17.2 Å². The zero-order chi connectivity index (χ0) is 17.4. The van der Waals surface area contributed by atoms with Crippen molar-refractivity contribution < 1.29 is 13.2 Å². The van der Waals surface area contributed by atoms with Crippen molar-refractivity contribution in [1.29, 1.82) is 0 Å². The van der Waals surface area contributed by atoms with Gasteiger partial charge in [0.25, 0.3) is 0 Å². The number of nitrogens with zero attached hydrogens (tertiary/aromatic N) is 4. The van der Waals surface area contributed by atoms with Crippen LogP contribution in [0.25, 0.3) is 28.8 Å². The minimum atomic E-state index is -4.61. The van der Waals surface area contributed by atoms with Gasteiger partial charge in [-0.25, -0.2) is 4.98 Å². The Morgan fingerprint density at radius 3 is 2.32 bits per heavy atom. The van der Waals surface area contributed by atoms with Crippen LogP contribution < -0.4 is 0 Å². The molecule has 0 radical (unpaired) electrons. The van der Waals surface area contributed by atoms with Crippen LogP contribution in [0.4, 0.5) is 13.2 Å². The molecule has 7 heteroatoms. The summed E-state index contributed by atoms with van der Waals surface area (Å²) in [6.07, 6.45) is -1.19. The first-order valence-electron chi connectivity index (χ1n) is 7.48. The number of rotatable bonds is 2. The van der Waals surface area contributed by atoms with Crippen LogP contribution in [0.15, 0.2) is 54.6 Å². The summed E-state index contributed by atoms with van der Waals surface area (Å²) in [4.78, 5) is 3.73. The first kappa shape index (κ1) is 15.3. The fraction of sp³-hybridized carbons (Fsp3) is 0.0556. The molecule has 2 heterocycles. The average Bonchev–Trinajstić information content (AvgIpc) is 3.03. The molecule has 0 saturated heterocycles. The highest BCUT2D eigenvalue weighted by Crippen LogP contribution is 2.32. The van der Waals surface area contributed by atoms with Crippen molar-refractivity contribution in [1.82, 2.24) is 19.6 Å². The predicted octanol–water partition coefficient (Wildman–Crippen LogP) is 4.47. The molecule has 0 aliphatic heterocycles. The van der Waals surface area contributed by atoms with E-state index < -0.39 is 11.9 Å². The van der Waals surface area contributed by atoms with Gasteiger partial charge in [-0.3, -0.25) is 4.40 Å². The van der Waals surface area contributed by atoms with Crippen molar-refractivity contribution >= 4 is 28.8 Å². The maximum atomic E-state index is 13.3. The van der Waals surface area contributed by atoms with Crippen molar-refractivity contribution in [2.24, 2.45) is 0 Å². The monoisotopic (exact) mass is 340 g/mol. The second-order valence-corrected chi connectivity index (χ2v) is 5.41. The van der Waals surface area contributed by atoms with Gasteiger partial charge < -0.3 is 0 Å². The molecule has 0 aliphatic carbocycles. The lowest BCUT2D eigenvalue weighted by atomic mass is 10.2. The molecule has 124 valence electrons. The zero-order valence-electron chi connectivity index (χ0n) is 12.8. The molecule has 0 unspecified atom stereocenters. The Labute approximate surface area is 140 Å². The number of aromatic nitrogens is 4. The lowest BCUT2D eigenvalue weighted by molar-refractivity contribution is -0.140. The SMILES string of the molecule is FC(F)(F)c1nc2ccccc2n2c(/C=C/c3ccccc3)nnc12. The number of para-hydroxylation sites is 2. The maximum Gasteiger partial charge on any atom is 0.437 e. The third kappa shape index (κ3) is 2.73. The summed E-state index contributed by atoms with van der Waals surface area (Å²) in [5.74, 6) is 0.308. The van der Waals surface area contributed by atoms with Crippen molar-refractivity contribution in [2.75, 3.05) is 0 Å². The molecule has 0 amide bonds. The molecule has 4 rings (SSSR count). The molecule has 0 bridgehead atoms. The predicted molar refractivity (Wildman–Crippen MR) is 88.7 cm³/mol. The van der Waals surface area contributed by atoms with Gasteiger partial charge in [-0.1, -0.05) is 48.5 Å². The van der Waals surface area contributed by atoms with Crippen molar-refractivity contribution in [3.05, 3.63) is 71.7 Å². The molecule has 4 aromatic rings. The van der Waals surface area contributed by atoms with Gasteiger partial charge in [0.1, 0.15) is 0 Å². The molecule has 4 nitrogen and oxygen atoms in total. The second kappa shape index (κ2) is 5.70. The van der Waals surface area contributed by atoms with E-state index in [0.29, 0.717) is 11.3 Å². The lowest BCUT2D eigenvalue weighted by Crippen LogP contribution is -2.11. The number of alkyl halides is 3. The van der Waals surface area contributed by atoms with E-state index in [1.807, 2.05) is 30.3 Å². The summed E-state index contributed by atoms with van der Waals surface area (Å²) in [5.41, 5.74) is 0.310. The highest BCUT2D eigenvalue weighted by Gasteiger charge is 2.37. The minimum Gasteiger partial charge on any atom is -0.272 e. The lowest BCUT2D eigenvalue weighted by Gasteiger charge is -2.09. The molecule has 0 saturated carbocycles. The van der Waals surface area contributed by atoms with E-state index in [-0.39, 0.29) is 11.2 Å². The van der Waals surface area contributed by atoms with E-state index in [0.717, 1.165) is 5.56 Å².